The molecule has 3 N–H and O–H groups in total. The minimum atomic E-state index is -0.819. The molecule has 6 heteroatoms. The summed E-state index contributed by atoms with van der Waals surface area (Å²) in [6.07, 6.45) is 63.2. The van der Waals surface area contributed by atoms with Crippen molar-refractivity contribution >= 4 is 11.9 Å². The molecule has 6 nitrogen and oxygen atoms in total. The Hall–Kier alpha value is -2.44. The molecule has 1 amide bonds. The second kappa shape index (κ2) is 50.6. The number of hydrogen-bond donors (Lipinski definition) is 3. The Morgan fingerprint density at radius 2 is 0.825 bits per heavy atom. The van der Waals surface area contributed by atoms with Gasteiger partial charge in [-0.3, -0.25) is 9.59 Å². The van der Waals surface area contributed by atoms with Crippen molar-refractivity contribution in [3.8, 4) is 0 Å². The third-order valence-corrected chi connectivity index (χ3v) is 12.1. The van der Waals surface area contributed by atoms with E-state index in [1.807, 2.05) is 12.2 Å². The second-order valence-electron chi connectivity index (χ2n) is 18.3. The van der Waals surface area contributed by atoms with Crippen molar-refractivity contribution in [1.82, 2.24) is 5.32 Å². The molecule has 366 valence electrons. The van der Waals surface area contributed by atoms with E-state index in [9.17, 15) is 19.8 Å². The van der Waals surface area contributed by atoms with Crippen molar-refractivity contribution < 1.29 is 24.5 Å². The lowest BCUT2D eigenvalue weighted by molar-refractivity contribution is -0.148. The Morgan fingerprint density at radius 1 is 0.476 bits per heavy atom. The molecule has 0 aliphatic heterocycles. The Labute approximate surface area is 390 Å². The summed E-state index contributed by atoms with van der Waals surface area (Å²) in [4.78, 5) is 26.1. The number of carbonyl (C=O) groups is 2. The molecule has 0 bridgehead atoms. The van der Waals surface area contributed by atoms with Crippen LogP contribution in [0.4, 0.5) is 0 Å². The fourth-order valence-electron chi connectivity index (χ4n) is 8.04. The zero-order valence-electron chi connectivity index (χ0n) is 41.7. The highest BCUT2D eigenvalue weighted by Crippen LogP contribution is 2.17. The summed E-state index contributed by atoms with van der Waals surface area (Å²) in [5.41, 5.74) is 0. The van der Waals surface area contributed by atoms with Crippen LogP contribution in [-0.2, 0) is 14.3 Å². The van der Waals surface area contributed by atoms with Gasteiger partial charge in [-0.05, 0) is 51.0 Å². The number of rotatable bonds is 48. The molecule has 0 rings (SSSR count). The SMILES string of the molecule is CC/C=C/C/C=C/C/C=C/C/C=C/C/C=C/C(CC(=O)NC(CO)C(O)CCCCCCCCCCCCCCCC)OC(=O)CCCCCCCCCCCCCCCCCC. The number of amides is 1. The maximum absolute atomic E-state index is 13.2. The third kappa shape index (κ3) is 45.9. The van der Waals surface area contributed by atoms with E-state index in [0.717, 1.165) is 64.2 Å². The van der Waals surface area contributed by atoms with E-state index in [0.29, 0.717) is 19.3 Å². The predicted molar refractivity (Wildman–Crippen MR) is 273 cm³/mol. The van der Waals surface area contributed by atoms with Crippen LogP contribution in [0.2, 0.25) is 0 Å². The van der Waals surface area contributed by atoms with Gasteiger partial charge in [-0.15, -0.1) is 0 Å². The van der Waals surface area contributed by atoms with E-state index in [1.165, 1.54) is 154 Å². The Kier molecular flexibility index (Phi) is 48.6. The van der Waals surface area contributed by atoms with E-state index < -0.39 is 18.2 Å². The van der Waals surface area contributed by atoms with Gasteiger partial charge in [-0.25, -0.2) is 0 Å². The largest absolute Gasteiger partial charge is 0.458 e. The number of hydrogen-bond acceptors (Lipinski definition) is 5. The maximum Gasteiger partial charge on any atom is 0.306 e. The standard InChI is InChI=1S/C57H103NO5/c1-4-7-10-13-16-19-22-25-28-29-32-35-38-41-44-47-50-57(62)63-53(48-45-42-39-36-33-30-26-23-20-17-14-11-8-5-2)51-56(61)58-54(52-59)55(60)49-46-43-40-37-34-31-27-24-21-18-15-12-9-6-3/h8,11,17,20,26,30,36,39,45,48,53-55,59-60H,4-7,9-10,12-16,18-19,21-25,27-29,31-35,37-38,40-44,46-47,49-52H2,1-3H3,(H,58,61)/b11-8+,20-17+,30-26+,39-36+,48-45+. The van der Waals surface area contributed by atoms with Gasteiger partial charge in [0.15, 0.2) is 0 Å². The number of allylic oxidation sites excluding steroid dienone is 9. The van der Waals surface area contributed by atoms with Gasteiger partial charge in [0.25, 0.3) is 0 Å². The summed E-state index contributed by atoms with van der Waals surface area (Å²) in [5.74, 6) is -0.620. The van der Waals surface area contributed by atoms with Gasteiger partial charge in [0.2, 0.25) is 5.91 Å². The molecule has 3 atom stereocenters. The summed E-state index contributed by atoms with van der Waals surface area (Å²) in [6, 6.07) is -0.741. The number of nitrogens with one attached hydrogen (secondary N) is 1. The van der Waals surface area contributed by atoms with Gasteiger partial charge < -0.3 is 20.3 Å². The zero-order valence-corrected chi connectivity index (χ0v) is 41.7. The minimum absolute atomic E-state index is 0.0442. The number of ether oxygens (including phenoxy) is 1. The monoisotopic (exact) mass is 882 g/mol. The van der Waals surface area contributed by atoms with Gasteiger partial charge in [0.1, 0.15) is 6.10 Å². The number of unbranched alkanes of at least 4 members (excludes halogenated alkanes) is 28. The van der Waals surface area contributed by atoms with Crippen molar-refractivity contribution in [3.05, 3.63) is 60.8 Å². The molecule has 0 aliphatic carbocycles. The van der Waals surface area contributed by atoms with Crippen LogP contribution >= 0.6 is 0 Å². The average molecular weight is 882 g/mol. The molecular weight excluding hydrogens is 779 g/mol. The van der Waals surface area contributed by atoms with E-state index in [4.69, 9.17) is 4.74 Å². The van der Waals surface area contributed by atoms with Crippen molar-refractivity contribution in [2.45, 2.75) is 283 Å². The van der Waals surface area contributed by atoms with E-state index >= 15 is 0 Å². The van der Waals surface area contributed by atoms with Crippen LogP contribution < -0.4 is 5.32 Å². The van der Waals surface area contributed by atoms with Crippen LogP contribution in [0.5, 0.6) is 0 Å². The first-order valence-corrected chi connectivity index (χ1v) is 27.0. The molecule has 0 aromatic heterocycles. The predicted octanol–water partition coefficient (Wildman–Crippen LogP) is 16.4. The molecule has 0 aromatic carbocycles. The molecule has 0 radical (unpaired) electrons. The fourth-order valence-corrected chi connectivity index (χ4v) is 8.04. The highest BCUT2D eigenvalue weighted by atomic mass is 16.5. The summed E-state index contributed by atoms with van der Waals surface area (Å²) in [7, 11) is 0. The van der Waals surface area contributed by atoms with Crippen molar-refractivity contribution in [2.24, 2.45) is 0 Å². The lowest BCUT2D eigenvalue weighted by atomic mass is 10.0. The summed E-state index contributed by atoms with van der Waals surface area (Å²) in [6.45, 7) is 6.35. The van der Waals surface area contributed by atoms with Gasteiger partial charge in [0, 0.05) is 6.42 Å². The van der Waals surface area contributed by atoms with Gasteiger partial charge in [0.05, 0.1) is 25.2 Å². The van der Waals surface area contributed by atoms with E-state index in [-0.39, 0.29) is 24.9 Å². The summed E-state index contributed by atoms with van der Waals surface area (Å²) < 4.78 is 5.83. The van der Waals surface area contributed by atoms with Gasteiger partial charge >= 0.3 is 5.97 Å². The molecule has 63 heavy (non-hydrogen) atoms. The van der Waals surface area contributed by atoms with Crippen molar-refractivity contribution in [1.29, 1.82) is 0 Å². The van der Waals surface area contributed by atoms with Crippen LogP contribution in [0.3, 0.4) is 0 Å². The first-order valence-electron chi connectivity index (χ1n) is 27.0. The molecule has 0 spiro atoms. The smallest absolute Gasteiger partial charge is 0.306 e. The Morgan fingerprint density at radius 3 is 1.21 bits per heavy atom. The molecule has 3 unspecified atom stereocenters. The van der Waals surface area contributed by atoms with Gasteiger partial charge in [-0.2, -0.15) is 0 Å². The zero-order chi connectivity index (χ0) is 45.9. The average Bonchev–Trinajstić information content (AvgIpc) is 3.28. The molecule has 0 aliphatic rings. The summed E-state index contributed by atoms with van der Waals surface area (Å²) in [5, 5.41) is 23.7. The molecule has 0 saturated heterocycles. The van der Waals surface area contributed by atoms with Crippen molar-refractivity contribution in [2.75, 3.05) is 6.61 Å². The fraction of sp³-hybridized carbons (Fsp3) is 0.789. The van der Waals surface area contributed by atoms with Gasteiger partial charge in [-0.1, -0.05) is 262 Å². The van der Waals surface area contributed by atoms with Crippen LogP contribution in [0.15, 0.2) is 60.8 Å². The van der Waals surface area contributed by atoms with E-state index in [2.05, 4.69) is 74.7 Å². The number of aliphatic hydroxyl groups excluding tert-OH is 2. The first kappa shape index (κ1) is 60.6. The van der Waals surface area contributed by atoms with E-state index in [1.54, 1.807) is 0 Å². The third-order valence-electron chi connectivity index (χ3n) is 12.1. The van der Waals surface area contributed by atoms with Crippen molar-refractivity contribution in [3.63, 3.8) is 0 Å². The minimum Gasteiger partial charge on any atom is -0.458 e. The number of esters is 1. The maximum atomic E-state index is 13.2. The second-order valence-corrected chi connectivity index (χ2v) is 18.3. The number of carbonyl (C=O) groups excluding carboxylic acids is 2. The van der Waals surface area contributed by atoms with Crippen LogP contribution in [0.25, 0.3) is 0 Å². The molecule has 0 saturated carbocycles. The molecule has 0 heterocycles. The lowest BCUT2D eigenvalue weighted by Crippen LogP contribution is -2.46. The quantitative estimate of drug-likeness (QED) is 0.0321. The Bertz CT molecular complexity index is 1130. The molecule has 0 fully saturated rings. The highest BCUT2D eigenvalue weighted by molar-refractivity contribution is 5.78. The van der Waals surface area contributed by atoms with Crippen LogP contribution in [0.1, 0.15) is 265 Å². The van der Waals surface area contributed by atoms with Crippen LogP contribution in [0, 0.1) is 0 Å². The summed E-state index contributed by atoms with van der Waals surface area (Å²) >= 11 is 0. The normalized spacial score (nSPS) is 13.7. The lowest BCUT2D eigenvalue weighted by Gasteiger charge is -2.23. The van der Waals surface area contributed by atoms with Crippen LogP contribution in [-0.4, -0.2) is 46.9 Å². The topological polar surface area (TPSA) is 95.9 Å². The number of aliphatic hydroxyl groups is 2. The molecule has 0 aromatic rings. The molecular formula is C57H103NO5. The highest BCUT2D eigenvalue weighted by Gasteiger charge is 2.23. The first-order chi connectivity index (χ1) is 31.0. The Balaban J connectivity index is 4.67.